The molecule has 0 spiro atoms. The minimum atomic E-state index is 0.785. The monoisotopic (exact) mass is 284 g/mol. The summed E-state index contributed by atoms with van der Waals surface area (Å²) in [6.07, 6.45) is 0. The van der Waals surface area contributed by atoms with Crippen molar-refractivity contribution >= 4 is 11.0 Å². The molecular weight excluding hydrogens is 264 g/mol. The molecule has 0 unspecified atom stereocenters. The zero-order valence-corrected chi connectivity index (χ0v) is 12.7. The van der Waals surface area contributed by atoms with Gasteiger partial charge in [-0.15, -0.1) is 0 Å². The van der Waals surface area contributed by atoms with Gasteiger partial charge in [0.05, 0.1) is 16.7 Å². The molecule has 3 aromatic rings. The van der Waals surface area contributed by atoms with Gasteiger partial charge in [0, 0.05) is 25.2 Å². The zero-order chi connectivity index (χ0) is 14.8. The molecule has 0 aliphatic rings. The van der Waals surface area contributed by atoms with Crippen molar-refractivity contribution < 1.29 is 4.52 Å². The van der Waals surface area contributed by atoms with Crippen LogP contribution in [0.5, 0.6) is 0 Å². The van der Waals surface area contributed by atoms with Gasteiger partial charge in [-0.2, -0.15) is 0 Å². The minimum Gasteiger partial charge on any atom is -0.361 e. The Labute approximate surface area is 124 Å². The molecule has 2 aromatic heterocycles. The topological polar surface area (TPSA) is 55.9 Å². The average molecular weight is 284 g/mol. The quantitative estimate of drug-likeness (QED) is 0.732. The summed E-state index contributed by atoms with van der Waals surface area (Å²) in [6, 6.07) is 8.24. The Balaban J connectivity index is 1.64. The number of para-hydroxylation sites is 2. The summed E-state index contributed by atoms with van der Waals surface area (Å²) >= 11 is 0. The van der Waals surface area contributed by atoms with Crippen molar-refractivity contribution in [1.29, 1.82) is 0 Å². The summed E-state index contributed by atoms with van der Waals surface area (Å²) in [5.74, 6) is 1.94. The highest BCUT2D eigenvalue weighted by Crippen LogP contribution is 2.15. The molecule has 5 heteroatoms. The fourth-order valence-corrected chi connectivity index (χ4v) is 2.64. The maximum atomic E-state index is 5.17. The summed E-state index contributed by atoms with van der Waals surface area (Å²) in [4.78, 5) is 4.58. The highest BCUT2D eigenvalue weighted by atomic mass is 16.5. The van der Waals surface area contributed by atoms with Crippen molar-refractivity contribution in [1.82, 2.24) is 20.0 Å². The van der Waals surface area contributed by atoms with Crippen LogP contribution in [-0.4, -0.2) is 21.3 Å². The molecule has 1 N–H and O–H groups in total. The molecule has 21 heavy (non-hydrogen) atoms. The predicted molar refractivity (Wildman–Crippen MR) is 82.2 cm³/mol. The Kier molecular flexibility index (Phi) is 3.75. The highest BCUT2D eigenvalue weighted by Gasteiger charge is 2.09. The number of imidazole rings is 1. The Hall–Kier alpha value is -2.14. The molecule has 0 radical (unpaired) electrons. The summed E-state index contributed by atoms with van der Waals surface area (Å²) in [7, 11) is 0. The summed E-state index contributed by atoms with van der Waals surface area (Å²) in [6.45, 7) is 8.54. The van der Waals surface area contributed by atoms with Crippen LogP contribution >= 0.6 is 0 Å². The predicted octanol–water partition coefficient (Wildman–Crippen LogP) is 2.74. The van der Waals surface area contributed by atoms with Crippen LogP contribution in [0.1, 0.15) is 22.8 Å². The molecule has 0 bridgehead atoms. The lowest BCUT2D eigenvalue weighted by Gasteiger charge is -2.08. The molecule has 0 atom stereocenters. The first-order valence-electron chi connectivity index (χ1n) is 7.21. The number of aromatic nitrogens is 3. The van der Waals surface area contributed by atoms with Gasteiger partial charge in [-0.3, -0.25) is 0 Å². The van der Waals surface area contributed by atoms with Crippen molar-refractivity contribution in [2.45, 2.75) is 33.9 Å². The van der Waals surface area contributed by atoms with Crippen molar-refractivity contribution in [2.24, 2.45) is 0 Å². The number of hydrogen-bond acceptors (Lipinski definition) is 4. The molecule has 110 valence electrons. The molecule has 0 aliphatic heterocycles. The Morgan fingerprint density at radius 1 is 1.19 bits per heavy atom. The smallest absolute Gasteiger partial charge is 0.138 e. The van der Waals surface area contributed by atoms with Gasteiger partial charge < -0.3 is 14.4 Å². The molecule has 0 fully saturated rings. The van der Waals surface area contributed by atoms with Crippen LogP contribution < -0.4 is 5.32 Å². The van der Waals surface area contributed by atoms with Crippen LogP contribution in [0, 0.1) is 20.8 Å². The van der Waals surface area contributed by atoms with E-state index in [1.54, 1.807) is 0 Å². The van der Waals surface area contributed by atoms with Crippen molar-refractivity contribution in [2.75, 3.05) is 6.54 Å². The first-order chi connectivity index (χ1) is 10.2. The molecule has 2 heterocycles. The van der Waals surface area contributed by atoms with E-state index >= 15 is 0 Å². The van der Waals surface area contributed by atoms with Gasteiger partial charge in [0.1, 0.15) is 11.6 Å². The fourth-order valence-electron chi connectivity index (χ4n) is 2.64. The third kappa shape index (κ3) is 2.69. The third-order valence-corrected chi connectivity index (χ3v) is 3.84. The number of nitrogens with one attached hydrogen (secondary N) is 1. The van der Waals surface area contributed by atoms with Crippen molar-refractivity contribution in [3.8, 4) is 0 Å². The van der Waals surface area contributed by atoms with E-state index in [0.717, 1.165) is 48.0 Å². The number of aryl methyl sites for hydroxylation is 3. The van der Waals surface area contributed by atoms with E-state index in [4.69, 9.17) is 4.52 Å². The summed E-state index contributed by atoms with van der Waals surface area (Å²) < 4.78 is 7.42. The lowest BCUT2D eigenvalue weighted by molar-refractivity contribution is 0.391. The number of hydrogen-bond donors (Lipinski definition) is 1. The summed E-state index contributed by atoms with van der Waals surface area (Å²) in [5, 5.41) is 7.42. The lowest BCUT2D eigenvalue weighted by Crippen LogP contribution is -2.20. The van der Waals surface area contributed by atoms with E-state index in [1.807, 2.05) is 26.8 Å². The van der Waals surface area contributed by atoms with Crippen LogP contribution in [0.4, 0.5) is 0 Å². The number of nitrogens with zero attached hydrogens (tertiary/aromatic N) is 3. The van der Waals surface area contributed by atoms with Crippen LogP contribution in [0.25, 0.3) is 11.0 Å². The number of fused-ring (bicyclic) bond motifs is 1. The molecular formula is C16H20N4O. The van der Waals surface area contributed by atoms with Gasteiger partial charge in [0.2, 0.25) is 0 Å². The Morgan fingerprint density at radius 3 is 2.76 bits per heavy atom. The minimum absolute atomic E-state index is 0.785. The van der Waals surface area contributed by atoms with Crippen LogP contribution in [-0.2, 0) is 13.1 Å². The molecule has 0 aliphatic carbocycles. The van der Waals surface area contributed by atoms with Gasteiger partial charge in [0.25, 0.3) is 0 Å². The van der Waals surface area contributed by atoms with Crippen molar-refractivity contribution in [3.05, 3.63) is 47.1 Å². The highest BCUT2D eigenvalue weighted by molar-refractivity contribution is 5.75. The molecule has 0 amide bonds. The van der Waals surface area contributed by atoms with E-state index in [9.17, 15) is 0 Å². The molecule has 5 nitrogen and oxygen atoms in total. The lowest BCUT2D eigenvalue weighted by atomic mass is 10.2. The van der Waals surface area contributed by atoms with E-state index in [0.29, 0.717) is 0 Å². The van der Waals surface area contributed by atoms with Crippen LogP contribution in [0.2, 0.25) is 0 Å². The standard InChI is InChI=1S/C16H20N4O/c1-11-14(12(2)21-19-11)10-17-8-9-20-13(3)18-15-6-4-5-7-16(15)20/h4-7,17H,8-10H2,1-3H3. The van der Waals surface area contributed by atoms with Gasteiger partial charge >= 0.3 is 0 Å². The molecule has 0 saturated carbocycles. The van der Waals surface area contributed by atoms with E-state index in [1.165, 1.54) is 5.52 Å². The zero-order valence-electron chi connectivity index (χ0n) is 12.7. The first-order valence-corrected chi connectivity index (χ1v) is 7.21. The second kappa shape index (κ2) is 5.69. The molecule has 0 saturated heterocycles. The second-order valence-electron chi connectivity index (χ2n) is 5.28. The third-order valence-electron chi connectivity index (χ3n) is 3.84. The van der Waals surface area contributed by atoms with Crippen LogP contribution in [0.15, 0.2) is 28.8 Å². The van der Waals surface area contributed by atoms with Gasteiger partial charge in [0.15, 0.2) is 0 Å². The van der Waals surface area contributed by atoms with E-state index in [-0.39, 0.29) is 0 Å². The fraction of sp³-hybridized carbons (Fsp3) is 0.375. The Bertz CT molecular complexity index is 737. The van der Waals surface area contributed by atoms with Crippen molar-refractivity contribution in [3.63, 3.8) is 0 Å². The normalized spacial score (nSPS) is 11.4. The van der Waals surface area contributed by atoms with Crippen LogP contribution in [0.3, 0.4) is 0 Å². The first kappa shape index (κ1) is 13.8. The van der Waals surface area contributed by atoms with Gasteiger partial charge in [-0.1, -0.05) is 17.3 Å². The SMILES string of the molecule is Cc1noc(C)c1CNCCn1c(C)nc2ccccc21. The van der Waals surface area contributed by atoms with E-state index in [2.05, 4.69) is 38.2 Å². The second-order valence-corrected chi connectivity index (χ2v) is 5.28. The number of benzene rings is 1. The average Bonchev–Trinajstić information content (AvgIpc) is 2.96. The summed E-state index contributed by atoms with van der Waals surface area (Å²) in [5.41, 5.74) is 4.36. The maximum absolute atomic E-state index is 5.17. The van der Waals surface area contributed by atoms with Gasteiger partial charge in [-0.25, -0.2) is 4.98 Å². The molecule has 1 aromatic carbocycles. The van der Waals surface area contributed by atoms with Gasteiger partial charge in [-0.05, 0) is 32.9 Å². The largest absolute Gasteiger partial charge is 0.361 e. The Morgan fingerprint density at radius 2 is 2.00 bits per heavy atom. The molecule has 3 rings (SSSR count). The maximum Gasteiger partial charge on any atom is 0.138 e. The number of rotatable bonds is 5. The van der Waals surface area contributed by atoms with E-state index < -0.39 is 0 Å².